The number of hydrogen-bond acceptors (Lipinski definition) is 7. The molecule has 0 heterocycles. The number of phenolic OH excluding ortho intramolecular Hbond substituents is 3. The molecule has 2 unspecified atom stereocenters. The molecule has 0 aromatic heterocycles. The second-order valence-electron chi connectivity index (χ2n) is 10.0. The molecule has 2 aromatic carbocycles. The van der Waals surface area contributed by atoms with E-state index < -0.39 is 12.2 Å². The molecule has 2 aromatic rings. The average molecular weight is 433 g/mol. The lowest BCUT2D eigenvalue weighted by Gasteiger charge is -2.25. The molecule has 0 aliphatic rings. The van der Waals surface area contributed by atoms with Crippen LogP contribution in [0, 0.1) is 0 Å². The normalized spacial score (nSPS) is 14.5. The highest BCUT2D eigenvalue weighted by Crippen LogP contribution is 2.41. The molecule has 7 heteroatoms. The van der Waals surface area contributed by atoms with Crippen LogP contribution in [0.15, 0.2) is 30.3 Å². The van der Waals surface area contributed by atoms with Gasteiger partial charge in [-0.05, 0) is 82.5 Å². The average Bonchev–Trinajstić information content (AvgIpc) is 2.61. The molecule has 31 heavy (non-hydrogen) atoms. The van der Waals surface area contributed by atoms with E-state index >= 15 is 0 Å². The lowest BCUT2D eigenvalue weighted by Crippen LogP contribution is -2.38. The molecule has 0 aliphatic carbocycles. The molecule has 0 aliphatic heterocycles. The Labute approximate surface area is 184 Å². The number of hydrogen-bond donors (Lipinski definition) is 7. The topological polar surface area (TPSA) is 125 Å². The van der Waals surface area contributed by atoms with Gasteiger partial charge in [-0.1, -0.05) is 0 Å². The van der Waals surface area contributed by atoms with E-state index in [9.17, 15) is 25.5 Å². The summed E-state index contributed by atoms with van der Waals surface area (Å²) in [7, 11) is 0. The lowest BCUT2D eigenvalue weighted by molar-refractivity contribution is 0.162. The van der Waals surface area contributed by atoms with Gasteiger partial charge < -0.3 is 36.2 Å². The second kappa shape index (κ2) is 9.44. The van der Waals surface area contributed by atoms with E-state index in [2.05, 4.69) is 10.6 Å². The maximum atomic E-state index is 10.8. The standard InChI is InChI=1S/C24H36N2O5/c1-23(2,3)25-12-20(30)14-7-15(9-16(27)8-14)22-18(10-17(28)11-19(22)29)21(31)13-26-24(4,5)6/h7-11,20-21,25-31H,12-13H2,1-6H3. The van der Waals surface area contributed by atoms with Crippen LogP contribution >= 0.6 is 0 Å². The molecule has 0 saturated carbocycles. The van der Waals surface area contributed by atoms with Gasteiger partial charge in [0, 0.05) is 35.8 Å². The molecule has 7 N–H and O–H groups in total. The molecule has 0 radical (unpaired) electrons. The van der Waals surface area contributed by atoms with E-state index in [0.29, 0.717) is 16.7 Å². The molecule has 2 rings (SSSR count). The Hall–Kier alpha value is -2.32. The van der Waals surface area contributed by atoms with Crippen LogP contribution in [-0.4, -0.2) is 49.7 Å². The summed E-state index contributed by atoms with van der Waals surface area (Å²) >= 11 is 0. The molecular formula is C24H36N2O5. The molecule has 2 atom stereocenters. The Balaban J connectivity index is 2.47. The number of β-amino-alcohol motifs (C(OH)–C–C–N with tert-alkyl or cyclic N) is 2. The number of aliphatic hydroxyl groups is 2. The third-order valence-electron chi connectivity index (χ3n) is 4.76. The van der Waals surface area contributed by atoms with Crippen LogP contribution in [-0.2, 0) is 0 Å². The van der Waals surface area contributed by atoms with Crippen LogP contribution in [0.2, 0.25) is 0 Å². The zero-order valence-electron chi connectivity index (χ0n) is 19.2. The van der Waals surface area contributed by atoms with Crippen LogP contribution in [0.4, 0.5) is 0 Å². The predicted molar refractivity (Wildman–Crippen MR) is 122 cm³/mol. The van der Waals surface area contributed by atoms with E-state index in [1.807, 2.05) is 41.5 Å². The molecule has 0 bridgehead atoms. The summed E-state index contributed by atoms with van der Waals surface area (Å²) in [5.41, 5.74) is 1.07. The summed E-state index contributed by atoms with van der Waals surface area (Å²) in [6, 6.07) is 7.16. The van der Waals surface area contributed by atoms with Crippen molar-refractivity contribution in [2.75, 3.05) is 13.1 Å². The maximum absolute atomic E-state index is 10.8. The quantitative estimate of drug-likeness (QED) is 0.358. The molecule has 172 valence electrons. The van der Waals surface area contributed by atoms with Gasteiger partial charge in [0.2, 0.25) is 0 Å². The molecular weight excluding hydrogens is 396 g/mol. The zero-order valence-corrected chi connectivity index (χ0v) is 19.2. The Morgan fingerprint density at radius 1 is 0.710 bits per heavy atom. The summed E-state index contributed by atoms with van der Waals surface area (Å²) < 4.78 is 0. The van der Waals surface area contributed by atoms with E-state index in [1.165, 1.54) is 24.3 Å². The number of aromatic hydroxyl groups is 3. The predicted octanol–water partition coefficient (Wildman–Crippen LogP) is 3.31. The number of benzene rings is 2. The highest BCUT2D eigenvalue weighted by molar-refractivity contribution is 5.77. The van der Waals surface area contributed by atoms with Gasteiger partial charge in [0.1, 0.15) is 17.2 Å². The van der Waals surface area contributed by atoms with Gasteiger partial charge >= 0.3 is 0 Å². The van der Waals surface area contributed by atoms with Crippen molar-refractivity contribution in [2.24, 2.45) is 0 Å². The smallest absolute Gasteiger partial charge is 0.127 e. The minimum Gasteiger partial charge on any atom is -0.508 e. The number of phenols is 3. The van der Waals surface area contributed by atoms with Crippen LogP contribution in [0.3, 0.4) is 0 Å². The maximum Gasteiger partial charge on any atom is 0.127 e. The van der Waals surface area contributed by atoms with Gasteiger partial charge in [-0.15, -0.1) is 0 Å². The van der Waals surface area contributed by atoms with Crippen molar-refractivity contribution in [1.82, 2.24) is 10.6 Å². The summed E-state index contributed by atoms with van der Waals surface area (Å²) in [6.45, 7) is 12.3. The zero-order chi connectivity index (χ0) is 23.6. The fraction of sp³-hybridized carbons (Fsp3) is 0.500. The van der Waals surface area contributed by atoms with Crippen molar-refractivity contribution in [3.8, 4) is 28.4 Å². The summed E-state index contributed by atoms with van der Waals surface area (Å²) in [6.07, 6.45) is -1.91. The van der Waals surface area contributed by atoms with Crippen LogP contribution < -0.4 is 10.6 Å². The Morgan fingerprint density at radius 3 is 1.77 bits per heavy atom. The van der Waals surface area contributed by atoms with Crippen molar-refractivity contribution < 1.29 is 25.5 Å². The third-order valence-corrected chi connectivity index (χ3v) is 4.76. The number of rotatable bonds is 7. The Bertz CT molecular complexity index is 900. The summed E-state index contributed by atoms with van der Waals surface area (Å²) in [5, 5.41) is 58.7. The van der Waals surface area contributed by atoms with Crippen molar-refractivity contribution in [3.63, 3.8) is 0 Å². The molecule has 0 saturated heterocycles. The molecule has 0 fully saturated rings. The van der Waals surface area contributed by atoms with Crippen molar-refractivity contribution in [3.05, 3.63) is 41.5 Å². The highest BCUT2D eigenvalue weighted by atomic mass is 16.3. The first-order valence-corrected chi connectivity index (χ1v) is 10.4. The lowest BCUT2D eigenvalue weighted by atomic mass is 9.92. The molecule has 0 amide bonds. The third kappa shape index (κ3) is 7.40. The van der Waals surface area contributed by atoms with Crippen molar-refractivity contribution >= 4 is 0 Å². The van der Waals surface area contributed by atoms with Gasteiger partial charge in [0.05, 0.1) is 12.2 Å². The number of nitrogens with one attached hydrogen (secondary N) is 2. The minimum atomic E-state index is -1.02. The first-order valence-electron chi connectivity index (χ1n) is 10.4. The van der Waals surface area contributed by atoms with Gasteiger partial charge in [-0.2, -0.15) is 0 Å². The van der Waals surface area contributed by atoms with Crippen molar-refractivity contribution in [1.29, 1.82) is 0 Å². The van der Waals surface area contributed by atoms with Crippen LogP contribution in [0.25, 0.3) is 11.1 Å². The minimum absolute atomic E-state index is 0.0805. The van der Waals surface area contributed by atoms with Gasteiger partial charge in [0.25, 0.3) is 0 Å². The first kappa shape index (κ1) is 24.9. The Morgan fingerprint density at radius 2 is 1.23 bits per heavy atom. The second-order valence-corrected chi connectivity index (χ2v) is 10.0. The van der Waals surface area contributed by atoms with E-state index in [0.717, 1.165) is 0 Å². The SMILES string of the molecule is CC(C)(C)NCC(O)c1cc(O)cc(-c2c(O)cc(O)cc2C(O)CNC(C)(C)C)c1. The van der Waals surface area contributed by atoms with Crippen molar-refractivity contribution in [2.45, 2.75) is 64.8 Å². The molecule has 0 spiro atoms. The summed E-state index contributed by atoms with van der Waals surface area (Å²) in [4.78, 5) is 0. The highest BCUT2D eigenvalue weighted by Gasteiger charge is 2.22. The van der Waals surface area contributed by atoms with Gasteiger partial charge in [-0.3, -0.25) is 0 Å². The van der Waals surface area contributed by atoms with E-state index in [1.54, 1.807) is 6.07 Å². The van der Waals surface area contributed by atoms with Gasteiger partial charge in [0.15, 0.2) is 0 Å². The monoisotopic (exact) mass is 432 g/mol. The fourth-order valence-electron chi connectivity index (χ4n) is 3.22. The summed E-state index contributed by atoms with van der Waals surface area (Å²) in [5.74, 6) is -0.493. The number of aliphatic hydroxyl groups excluding tert-OH is 2. The first-order chi connectivity index (χ1) is 14.2. The molecule has 7 nitrogen and oxygen atoms in total. The van der Waals surface area contributed by atoms with Crippen LogP contribution in [0.1, 0.15) is 64.9 Å². The largest absolute Gasteiger partial charge is 0.508 e. The van der Waals surface area contributed by atoms with E-state index in [-0.39, 0.29) is 47.0 Å². The Kier molecular flexibility index (Phi) is 7.60. The van der Waals surface area contributed by atoms with Crippen LogP contribution in [0.5, 0.6) is 17.2 Å². The van der Waals surface area contributed by atoms with Gasteiger partial charge in [-0.25, -0.2) is 0 Å². The van der Waals surface area contributed by atoms with E-state index in [4.69, 9.17) is 0 Å². The fourth-order valence-corrected chi connectivity index (χ4v) is 3.22.